The number of para-hydroxylation sites is 2. The maximum atomic E-state index is 12.8. The van der Waals surface area contributed by atoms with E-state index in [-0.39, 0.29) is 5.91 Å². The number of H-pyrrole nitrogens is 1. The third-order valence-corrected chi connectivity index (χ3v) is 5.18. The summed E-state index contributed by atoms with van der Waals surface area (Å²) in [4.78, 5) is 22.5. The molecule has 0 saturated heterocycles. The Morgan fingerprint density at radius 2 is 1.89 bits per heavy atom. The average Bonchev–Trinajstić information content (AvgIpc) is 3.09. The Hall–Kier alpha value is -3.40. The number of pyridine rings is 1. The third-order valence-electron chi connectivity index (χ3n) is 5.18. The van der Waals surface area contributed by atoms with E-state index in [1.54, 1.807) is 12.2 Å². The Kier molecular flexibility index (Phi) is 3.75. The van der Waals surface area contributed by atoms with E-state index in [2.05, 4.69) is 28.2 Å². The minimum Gasteiger partial charge on any atom is -0.353 e. The van der Waals surface area contributed by atoms with E-state index in [1.807, 2.05) is 47.5 Å². The maximum Gasteiger partial charge on any atom is 0.251 e. The van der Waals surface area contributed by atoms with Gasteiger partial charge in [-0.05, 0) is 42.7 Å². The monoisotopic (exact) mass is 353 g/mol. The second-order valence-electron chi connectivity index (χ2n) is 6.88. The minimum absolute atomic E-state index is 0.00275. The van der Waals surface area contributed by atoms with Gasteiger partial charge in [-0.3, -0.25) is 9.78 Å². The molecule has 0 fully saturated rings. The quantitative estimate of drug-likeness (QED) is 0.531. The van der Waals surface area contributed by atoms with Crippen LogP contribution < -0.4 is 4.90 Å². The summed E-state index contributed by atoms with van der Waals surface area (Å²) in [7, 11) is 0. The first-order valence-electron chi connectivity index (χ1n) is 9.23. The van der Waals surface area contributed by atoms with Crippen LogP contribution in [0.1, 0.15) is 17.7 Å². The van der Waals surface area contributed by atoms with Gasteiger partial charge in [0.25, 0.3) is 5.91 Å². The number of aryl methyl sites for hydroxylation is 1. The number of aromatic nitrogens is 2. The molecule has 0 saturated carbocycles. The topological polar surface area (TPSA) is 49.0 Å². The summed E-state index contributed by atoms with van der Waals surface area (Å²) in [5, 5.41) is 2.29. The van der Waals surface area contributed by atoms with Gasteiger partial charge in [-0.1, -0.05) is 36.4 Å². The van der Waals surface area contributed by atoms with E-state index >= 15 is 0 Å². The molecule has 5 rings (SSSR count). The Morgan fingerprint density at radius 1 is 1.04 bits per heavy atom. The molecule has 0 unspecified atom stereocenters. The van der Waals surface area contributed by atoms with Crippen LogP contribution in [0.15, 0.2) is 66.9 Å². The van der Waals surface area contributed by atoms with Crippen molar-refractivity contribution in [2.24, 2.45) is 0 Å². The van der Waals surface area contributed by atoms with Crippen LogP contribution in [-0.4, -0.2) is 22.4 Å². The van der Waals surface area contributed by atoms with Gasteiger partial charge in [0.2, 0.25) is 0 Å². The summed E-state index contributed by atoms with van der Waals surface area (Å²) in [5.41, 5.74) is 5.15. The van der Waals surface area contributed by atoms with Gasteiger partial charge in [-0.2, -0.15) is 0 Å². The second-order valence-corrected chi connectivity index (χ2v) is 6.88. The predicted molar refractivity (Wildman–Crippen MR) is 110 cm³/mol. The molecule has 2 aromatic heterocycles. The number of carbonyl (C=O) groups is 1. The van der Waals surface area contributed by atoms with Crippen LogP contribution in [0.25, 0.3) is 27.9 Å². The molecule has 0 bridgehead atoms. The lowest BCUT2D eigenvalue weighted by molar-refractivity contribution is -0.114. The number of nitrogens with zero attached hydrogens (tertiary/aromatic N) is 2. The van der Waals surface area contributed by atoms with Gasteiger partial charge in [0.15, 0.2) is 0 Å². The normalized spacial score (nSPS) is 14.1. The Balaban J connectivity index is 1.46. The van der Waals surface area contributed by atoms with Crippen molar-refractivity contribution >= 4 is 39.5 Å². The lowest BCUT2D eigenvalue weighted by atomic mass is 10.0. The first-order valence-corrected chi connectivity index (χ1v) is 9.23. The van der Waals surface area contributed by atoms with Crippen LogP contribution in [0, 0.1) is 0 Å². The maximum absolute atomic E-state index is 12.8. The number of hydrogen-bond donors (Lipinski definition) is 1. The Labute approximate surface area is 157 Å². The van der Waals surface area contributed by atoms with Gasteiger partial charge in [-0.25, -0.2) is 0 Å². The highest BCUT2D eigenvalue weighted by Gasteiger charge is 2.20. The molecule has 4 heteroatoms. The van der Waals surface area contributed by atoms with Crippen LogP contribution in [0.3, 0.4) is 0 Å². The van der Waals surface area contributed by atoms with Crippen molar-refractivity contribution in [2.45, 2.75) is 12.8 Å². The number of hydrogen-bond acceptors (Lipinski definition) is 2. The molecular weight excluding hydrogens is 334 g/mol. The van der Waals surface area contributed by atoms with Crippen molar-refractivity contribution in [1.29, 1.82) is 0 Å². The second kappa shape index (κ2) is 6.40. The summed E-state index contributed by atoms with van der Waals surface area (Å²) >= 11 is 0. The summed E-state index contributed by atoms with van der Waals surface area (Å²) in [6, 6.07) is 18.4. The molecular formula is C23H19N3O. The molecule has 1 aliphatic heterocycles. The van der Waals surface area contributed by atoms with E-state index in [9.17, 15) is 4.79 Å². The van der Waals surface area contributed by atoms with Crippen molar-refractivity contribution in [2.75, 3.05) is 11.4 Å². The number of fused-ring (bicyclic) bond motifs is 4. The largest absolute Gasteiger partial charge is 0.353 e. The molecule has 4 aromatic rings. The molecule has 0 aliphatic carbocycles. The van der Waals surface area contributed by atoms with Crippen molar-refractivity contribution in [3.63, 3.8) is 0 Å². The lowest BCUT2D eigenvalue weighted by Crippen LogP contribution is -2.34. The van der Waals surface area contributed by atoms with E-state index in [0.717, 1.165) is 47.2 Å². The molecule has 0 atom stereocenters. The third kappa shape index (κ3) is 2.79. The van der Waals surface area contributed by atoms with Gasteiger partial charge in [0.05, 0.1) is 17.4 Å². The highest BCUT2D eigenvalue weighted by molar-refractivity contribution is 6.08. The number of benzene rings is 2. The smallest absolute Gasteiger partial charge is 0.251 e. The zero-order chi connectivity index (χ0) is 18.2. The predicted octanol–water partition coefficient (Wildman–Crippen LogP) is 4.71. The van der Waals surface area contributed by atoms with E-state index in [4.69, 9.17) is 0 Å². The van der Waals surface area contributed by atoms with Gasteiger partial charge in [0, 0.05) is 34.6 Å². The Bertz CT molecular complexity index is 1190. The van der Waals surface area contributed by atoms with Gasteiger partial charge < -0.3 is 9.88 Å². The summed E-state index contributed by atoms with van der Waals surface area (Å²) < 4.78 is 0. The molecule has 4 nitrogen and oxygen atoms in total. The number of nitrogens with one attached hydrogen (secondary N) is 1. The van der Waals surface area contributed by atoms with E-state index in [0.29, 0.717) is 0 Å². The molecule has 1 amide bonds. The number of aromatic amines is 1. The van der Waals surface area contributed by atoms with Crippen molar-refractivity contribution in [3.05, 3.63) is 78.1 Å². The first-order chi connectivity index (χ1) is 13.3. The zero-order valence-electron chi connectivity index (χ0n) is 14.9. The van der Waals surface area contributed by atoms with Crippen LogP contribution >= 0.6 is 0 Å². The van der Waals surface area contributed by atoms with Crippen LogP contribution in [0.4, 0.5) is 5.69 Å². The molecule has 132 valence electrons. The number of amides is 1. The summed E-state index contributed by atoms with van der Waals surface area (Å²) in [5.74, 6) is 0.00275. The number of anilines is 1. The van der Waals surface area contributed by atoms with Crippen LogP contribution in [-0.2, 0) is 11.2 Å². The Morgan fingerprint density at radius 3 is 2.85 bits per heavy atom. The molecule has 0 radical (unpaired) electrons. The van der Waals surface area contributed by atoms with Crippen molar-refractivity contribution in [3.8, 4) is 0 Å². The highest BCUT2D eigenvalue weighted by Crippen LogP contribution is 2.27. The first kappa shape index (κ1) is 15.8. The average molecular weight is 353 g/mol. The van der Waals surface area contributed by atoms with Crippen LogP contribution in [0.5, 0.6) is 0 Å². The van der Waals surface area contributed by atoms with Gasteiger partial charge in [0.1, 0.15) is 0 Å². The van der Waals surface area contributed by atoms with Crippen molar-refractivity contribution in [1.82, 2.24) is 9.97 Å². The minimum atomic E-state index is 0.00275. The summed E-state index contributed by atoms with van der Waals surface area (Å²) in [6.07, 6.45) is 7.29. The van der Waals surface area contributed by atoms with Gasteiger partial charge >= 0.3 is 0 Å². The zero-order valence-corrected chi connectivity index (χ0v) is 14.9. The molecule has 1 aliphatic rings. The lowest BCUT2D eigenvalue weighted by Gasteiger charge is -2.28. The molecule has 3 heterocycles. The fourth-order valence-corrected chi connectivity index (χ4v) is 3.87. The van der Waals surface area contributed by atoms with Crippen molar-refractivity contribution < 1.29 is 4.79 Å². The highest BCUT2D eigenvalue weighted by atomic mass is 16.2. The van der Waals surface area contributed by atoms with E-state index < -0.39 is 0 Å². The number of carbonyl (C=O) groups excluding carboxylic acids is 1. The van der Waals surface area contributed by atoms with Crippen LogP contribution in [0.2, 0.25) is 0 Å². The number of rotatable bonds is 2. The fraction of sp³-hybridized carbons (Fsp3) is 0.130. The molecule has 0 spiro atoms. The van der Waals surface area contributed by atoms with Gasteiger partial charge in [-0.15, -0.1) is 0 Å². The summed E-state index contributed by atoms with van der Waals surface area (Å²) in [6.45, 7) is 0.759. The fourth-order valence-electron chi connectivity index (χ4n) is 3.87. The molecule has 1 N–H and O–H groups in total. The SMILES string of the molecule is O=C(/C=C/c1cc2c(cn1)[nH]c1ccccc12)N1CCCc2ccccc21. The van der Waals surface area contributed by atoms with E-state index in [1.165, 1.54) is 10.9 Å². The standard InChI is InChI=1S/C23H19N3O/c27-23(26-13-5-7-16-6-1-4-10-22(16)26)12-11-17-14-19-18-8-2-3-9-20(18)25-21(19)15-24-17/h1-4,6,8-12,14-15,25H,5,7,13H2/b12-11+. The molecule has 2 aromatic carbocycles. The molecule has 27 heavy (non-hydrogen) atoms.